The van der Waals surface area contributed by atoms with Gasteiger partial charge in [-0.2, -0.15) is 0 Å². The molecule has 26 heavy (non-hydrogen) atoms. The molecule has 0 aliphatic carbocycles. The van der Waals surface area contributed by atoms with Crippen LogP contribution >= 0.6 is 11.8 Å². The summed E-state index contributed by atoms with van der Waals surface area (Å²) < 4.78 is 5.08. The fraction of sp³-hybridized carbons (Fsp3) is 0.400. The van der Waals surface area contributed by atoms with Crippen LogP contribution in [0.3, 0.4) is 0 Å². The summed E-state index contributed by atoms with van der Waals surface area (Å²) in [5.41, 5.74) is 0.438. The molecule has 1 amide bonds. The van der Waals surface area contributed by atoms with Gasteiger partial charge in [0.15, 0.2) is 5.12 Å². The first kappa shape index (κ1) is 23.1. The summed E-state index contributed by atoms with van der Waals surface area (Å²) in [4.78, 5) is 45.6. The maximum absolute atomic E-state index is 12.2. The molecule has 0 N–H and O–H groups in total. The number of non-ortho nitro benzene ring substituents is 1. The van der Waals surface area contributed by atoms with E-state index < -0.39 is 23.0 Å². The topological polar surface area (TPSA) is 130 Å². The molecule has 0 saturated carbocycles. The number of rotatable bonds is 5. The van der Waals surface area contributed by atoms with Gasteiger partial charge in [-0.05, 0) is 24.1 Å². The van der Waals surface area contributed by atoms with Crippen molar-refractivity contribution < 1.29 is 80.5 Å². The Morgan fingerprint density at radius 1 is 1.31 bits per heavy atom. The van der Waals surface area contributed by atoms with E-state index in [1.54, 1.807) is 0 Å². The fourth-order valence-electron chi connectivity index (χ4n) is 2.48. The largest absolute Gasteiger partial charge is 1.00 e. The Morgan fingerprint density at radius 2 is 1.92 bits per heavy atom. The molecule has 134 valence electrons. The number of carboxylic acids is 1. The first-order valence-electron chi connectivity index (χ1n) is 7.32. The number of carbonyl (C=O) groups is 3. The molecule has 0 radical (unpaired) electrons. The molecule has 1 aromatic carbocycles. The number of benzene rings is 1. The molecule has 1 aliphatic rings. The van der Waals surface area contributed by atoms with Crippen LogP contribution in [0.5, 0.6) is 0 Å². The molecule has 1 saturated heterocycles. The maximum Gasteiger partial charge on any atom is 1.00 e. The second-order valence-electron chi connectivity index (χ2n) is 5.43. The summed E-state index contributed by atoms with van der Waals surface area (Å²) in [6.07, 6.45) is -0.724. The van der Waals surface area contributed by atoms with Gasteiger partial charge in [0.2, 0.25) is 0 Å². The van der Waals surface area contributed by atoms with E-state index in [-0.39, 0.29) is 87.0 Å². The number of hydrogen-bond donors (Lipinski definition) is 0. The molecule has 0 spiro atoms. The Kier molecular flexibility index (Phi) is 9.20. The summed E-state index contributed by atoms with van der Waals surface area (Å²) in [5, 5.41) is 21.3. The molecule has 11 heteroatoms. The van der Waals surface area contributed by atoms with Crippen molar-refractivity contribution in [2.75, 3.05) is 6.54 Å². The van der Waals surface area contributed by atoms with Gasteiger partial charge >= 0.3 is 57.5 Å². The molecule has 2 rings (SSSR count). The minimum absolute atomic E-state index is 0. The monoisotopic (exact) mass is 406 g/mol. The Bertz CT molecular complexity index is 698. The van der Waals surface area contributed by atoms with Crippen molar-refractivity contribution in [3.8, 4) is 0 Å². The number of carboxylic acid groups (broad SMARTS) is 1. The van der Waals surface area contributed by atoms with Crippen LogP contribution in [0, 0.1) is 10.1 Å². The summed E-state index contributed by atoms with van der Waals surface area (Å²) >= 11 is 0.980. The molecule has 1 heterocycles. The Hall–Kier alpha value is -0.984. The first-order valence-corrected chi connectivity index (χ1v) is 8.20. The molecule has 1 fully saturated rings. The number of nitrogens with zero attached hydrogens (tertiary/aromatic N) is 2. The van der Waals surface area contributed by atoms with Crippen molar-refractivity contribution in [1.29, 1.82) is 0 Å². The van der Waals surface area contributed by atoms with Crippen LogP contribution in [0.15, 0.2) is 24.3 Å². The van der Waals surface area contributed by atoms with Crippen LogP contribution in [-0.2, 0) is 20.9 Å². The number of nitro benzene ring substituents is 1. The van der Waals surface area contributed by atoms with Gasteiger partial charge in [-0.1, -0.05) is 11.8 Å². The summed E-state index contributed by atoms with van der Waals surface area (Å²) in [6, 6.07) is 4.30. The van der Waals surface area contributed by atoms with Crippen molar-refractivity contribution in [2.24, 2.45) is 0 Å². The number of hydrogen-bond acceptors (Lipinski definition) is 8. The Morgan fingerprint density at radius 3 is 2.42 bits per heavy atom. The summed E-state index contributed by atoms with van der Waals surface area (Å²) in [7, 11) is 0. The van der Waals surface area contributed by atoms with E-state index in [1.165, 1.54) is 31.2 Å². The van der Waals surface area contributed by atoms with E-state index in [2.05, 4.69) is 0 Å². The minimum atomic E-state index is -1.40. The van der Waals surface area contributed by atoms with Gasteiger partial charge in [0.25, 0.3) is 5.69 Å². The predicted molar refractivity (Wildman–Crippen MR) is 85.5 cm³/mol. The second kappa shape index (κ2) is 10.4. The third-order valence-electron chi connectivity index (χ3n) is 3.61. The maximum atomic E-state index is 12.2. The van der Waals surface area contributed by atoms with Crippen LogP contribution in [0.25, 0.3) is 0 Å². The Balaban J connectivity index is 0.00000338. The second-order valence-corrected chi connectivity index (χ2v) is 6.91. The van der Waals surface area contributed by atoms with Crippen molar-refractivity contribution in [3.05, 3.63) is 39.9 Å². The fourth-order valence-corrected chi connectivity index (χ4v) is 3.47. The molecule has 1 aromatic rings. The van der Waals surface area contributed by atoms with Crippen LogP contribution in [0.1, 0.15) is 18.9 Å². The number of aliphatic carboxylic acids is 1. The average Bonchev–Trinajstić information content (AvgIpc) is 2.96. The van der Waals surface area contributed by atoms with E-state index in [0.717, 1.165) is 16.7 Å². The SMILES string of the molecule is CC(=O)S[C@H]1C[C@@H](C(=O)[O-])N(C(=O)OCc2ccc([N+](=O)[O-])cc2)C1.[K+]. The first-order chi connectivity index (χ1) is 11.8. The van der Waals surface area contributed by atoms with Gasteiger partial charge in [-0.15, -0.1) is 0 Å². The van der Waals surface area contributed by atoms with Crippen molar-refractivity contribution in [2.45, 2.75) is 31.2 Å². The predicted octanol–water partition coefficient (Wildman–Crippen LogP) is -2.29. The molecule has 0 unspecified atom stereocenters. The molecule has 9 nitrogen and oxygen atoms in total. The van der Waals surface area contributed by atoms with Gasteiger partial charge in [-0.25, -0.2) is 4.79 Å². The number of carbonyl (C=O) groups excluding carboxylic acids is 3. The van der Waals surface area contributed by atoms with Gasteiger partial charge in [0, 0.05) is 30.9 Å². The zero-order chi connectivity index (χ0) is 18.6. The zero-order valence-corrected chi connectivity index (χ0v) is 18.2. The van der Waals surface area contributed by atoms with E-state index in [9.17, 15) is 29.6 Å². The van der Waals surface area contributed by atoms with Crippen molar-refractivity contribution >= 4 is 34.6 Å². The van der Waals surface area contributed by atoms with Gasteiger partial charge in [0.1, 0.15) is 6.61 Å². The van der Waals surface area contributed by atoms with Crippen LogP contribution in [0.4, 0.5) is 10.5 Å². The van der Waals surface area contributed by atoms with Crippen molar-refractivity contribution in [3.63, 3.8) is 0 Å². The number of ether oxygens (including phenoxy) is 1. The van der Waals surface area contributed by atoms with Gasteiger partial charge in [-0.3, -0.25) is 19.8 Å². The number of amides is 1. The molecule has 0 bridgehead atoms. The molecular weight excluding hydrogens is 391 g/mol. The van der Waals surface area contributed by atoms with Gasteiger partial charge in [0.05, 0.1) is 16.9 Å². The minimum Gasteiger partial charge on any atom is -0.548 e. The van der Waals surface area contributed by atoms with Gasteiger partial charge < -0.3 is 14.6 Å². The average molecular weight is 406 g/mol. The van der Waals surface area contributed by atoms with Crippen LogP contribution < -0.4 is 56.5 Å². The van der Waals surface area contributed by atoms with E-state index in [0.29, 0.717) is 5.56 Å². The third-order valence-corrected chi connectivity index (χ3v) is 4.62. The number of thioether (sulfide) groups is 1. The quantitative estimate of drug-likeness (QED) is 0.303. The van der Waals surface area contributed by atoms with E-state index in [4.69, 9.17) is 4.74 Å². The summed E-state index contributed by atoms with van der Waals surface area (Å²) in [5.74, 6) is -1.40. The molecule has 2 atom stereocenters. The van der Waals surface area contributed by atoms with E-state index >= 15 is 0 Å². The molecular formula is C15H15KN2O7S. The normalized spacial score (nSPS) is 18.7. The number of likely N-dealkylation sites (tertiary alicyclic amines) is 1. The smallest absolute Gasteiger partial charge is 0.548 e. The van der Waals surface area contributed by atoms with Crippen LogP contribution in [0.2, 0.25) is 0 Å². The molecule has 0 aromatic heterocycles. The molecule has 1 aliphatic heterocycles. The van der Waals surface area contributed by atoms with Crippen molar-refractivity contribution in [1.82, 2.24) is 4.90 Å². The standard InChI is InChI=1S/C15H16N2O7S.K/c1-9(18)25-12-6-13(14(19)20)16(7-12)15(21)24-8-10-2-4-11(5-3-10)17(22)23;/h2-5,12-13H,6-8H2,1H3,(H,19,20);/q;+1/p-1/t12-,13-;/m0./s1. The zero-order valence-electron chi connectivity index (χ0n) is 14.2. The van der Waals surface area contributed by atoms with E-state index in [1.807, 2.05) is 0 Å². The number of nitro groups is 1. The van der Waals surface area contributed by atoms with Crippen LogP contribution in [-0.4, -0.2) is 44.8 Å². The third kappa shape index (κ3) is 6.32. The summed E-state index contributed by atoms with van der Waals surface area (Å²) in [6.45, 7) is 1.29. The Labute approximate surface area is 196 Å².